The standard InChI is InChI=1S/C11H9BrCl2N2O/c12-7-3-4-8(9(14)6-7)11-16-15-10(17-11)2-1-5-13/h3-4,6H,1-2,5H2. The summed E-state index contributed by atoms with van der Waals surface area (Å²) in [7, 11) is 0. The van der Waals surface area contributed by atoms with Gasteiger partial charge < -0.3 is 4.42 Å². The van der Waals surface area contributed by atoms with E-state index < -0.39 is 0 Å². The third-order valence-corrected chi connectivity index (χ3v) is 3.23. The minimum atomic E-state index is 0.437. The van der Waals surface area contributed by atoms with Crippen molar-refractivity contribution in [1.29, 1.82) is 0 Å². The molecule has 6 heteroatoms. The predicted octanol–water partition coefficient (Wildman–Crippen LogP) is 4.32. The number of hydrogen-bond acceptors (Lipinski definition) is 3. The van der Waals surface area contributed by atoms with Crippen molar-refractivity contribution < 1.29 is 4.42 Å². The van der Waals surface area contributed by atoms with Gasteiger partial charge in [0.15, 0.2) is 0 Å². The van der Waals surface area contributed by atoms with Gasteiger partial charge in [-0.1, -0.05) is 27.5 Å². The molecule has 2 aromatic rings. The van der Waals surface area contributed by atoms with Gasteiger partial charge in [-0.05, 0) is 24.6 Å². The molecule has 2 rings (SSSR count). The highest BCUT2D eigenvalue weighted by molar-refractivity contribution is 9.10. The molecule has 0 unspecified atom stereocenters. The van der Waals surface area contributed by atoms with Gasteiger partial charge in [0.25, 0.3) is 0 Å². The van der Waals surface area contributed by atoms with Crippen molar-refractivity contribution in [3.63, 3.8) is 0 Å². The highest BCUT2D eigenvalue weighted by Crippen LogP contribution is 2.29. The summed E-state index contributed by atoms with van der Waals surface area (Å²) in [6, 6.07) is 5.51. The van der Waals surface area contributed by atoms with E-state index >= 15 is 0 Å². The number of nitrogens with zero attached hydrogens (tertiary/aromatic N) is 2. The van der Waals surface area contributed by atoms with Crippen molar-refractivity contribution in [2.45, 2.75) is 12.8 Å². The van der Waals surface area contributed by atoms with E-state index in [2.05, 4.69) is 26.1 Å². The number of rotatable bonds is 4. The Labute approximate surface area is 117 Å². The Morgan fingerprint density at radius 3 is 2.82 bits per heavy atom. The molecule has 0 atom stereocenters. The zero-order valence-corrected chi connectivity index (χ0v) is 11.9. The Morgan fingerprint density at radius 2 is 2.12 bits per heavy atom. The zero-order chi connectivity index (χ0) is 12.3. The van der Waals surface area contributed by atoms with E-state index in [0.717, 1.165) is 16.5 Å². The van der Waals surface area contributed by atoms with Crippen molar-refractivity contribution in [2.75, 3.05) is 5.88 Å². The molecule has 0 aliphatic rings. The molecular formula is C11H9BrCl2N2O. The molecule has 0 spiro atoms. The quantitative estimate of drug-likeness (QED) is 0.781. The summed E-state index contributed by atoms with van der Waals surface area (Å²) in [6.45, 7) is 0. The number of alkyl halides is 1. The van der Waals surface area contributed by atoms with E-state index in [4.69, 9.17) is 27.6 Å². The predicted molar refractivity (Wildman–Crippen MR) is 71.5 cm³/mol. The second kappa shape index (κ2) is 5.85. The number of aromatic nitrogens is 2. The first kappa shape index (κ1) is 12.9. The minimum Gasteiger partial charge on any atom is -0.421 e. The van der Waals surface area contributed by atoms with E-state index in [0.29, 0.717) is 29.1 Å². The van der Waals surface area contributed by atoms with Crippen molar-refractivity contribution in [2.24, 2.45) is 0 Å². The Hall–Kier alpha value is -0.580. The highest BCUT2D eigenvalue weighted by Gasteiger charge is 2.11. The van der Waals surface area contributed by atoms with Crippen molar-refractivity contribution in [3.8, 4) is 11.5 Å². The largest absolute Gasteiger partial charge is 0.421 e. The van der Waals surface area contributed by atoms with Crippen LogP contribution in [0.4, 0.5) is 0 Å². The first-order chi connectivity index (χ1) is 8.20. The zero-order valence-electron chi connectivity index (χ0n) is 8.79. The van der Waals surface area contributed by atoms with Crippen molar-refractivity contribution >= 4 is 39.1 Å². The molecule has 0 saturated heterocycles. The van der Waals surface area contributed by atoms with Gasteiger partial charge in [-0.3, -0.25) is 0 Å². The smallest absolute Gasteiger partial charge is 0.249 e. The Bertz CT molecular complexity index is 516. The first-order valence-electron chi connectivity index (χ1n) is 5.04. The Morgan fingerprint density at radius 1 is 1.29 bits per heavy atom. The van der Waals surface area contributed by atoms with Crippen LogP contribution < -0.4 is 0 Å². The van der Waals surface area contributed by atoms with E-state index in [1.165, 1.54) is 0 Å². The summed E-state index contributed by atoms with van der Waals surface area (Å²) in [5.41, 5.74) is 0.736. The van der Waals surface area contributed by atoms with Gasteiger partial charge in [-0.25, -0.2) is 0 Å². The van der Waals surface area contributed by atoms with Crippen LogP contribution in [0, 0.1) is 0 Å². The average molecular weight is 336 g/mol. The van der Waals surface area contributed by atoms with Gasteiger partial charge in [-0.15, -0.1) is 21.8 Å². The molecule has 3 nitrogen and oxygen atoms in total. The summed E-state index contributed by atoms with van der Waals surface area (Å²) in [6.07, 6.45) is 1.50. The van der Waals surface area contributed by atoms with Crippen LogP contribution >= 0.6 is 39.1 Å². The molecule has 0 N–H and O–H groups in total. The van der Waals surface area contributed by atoms with Crippen LogP contribution in [0.5, 0.6) is 0 Å². The molecule has 0 bridgehead atoms. The molecule has 1 heterocycles. The van der Waals surface area contributed by atoms with E-state index in [-0.39, 0.29) is 0 Å². The van der Waals surface area contributed by atoms with Crippen molar-refractivity contribution in [3.05, 3.63) is 33.6 Å². The second-order valence-electron chi connectivity index (χ2n) is 3.42. The van der Waals surface area contributed by atoms with Gasteiger partial charge in [0.05, 0.1) is 10.6 Å². The van der Waals surface area contributed by atoms with Crippen LogP contribution in [0.3, 0.4) is 0 Å². The summed E-state index contributed by atoms with van der Waals surface area (Å²) in [4.78, 5) is 0. The summed E-state index contributed by atoms with van der Waals surface area (Å²) < 4.78 is 6.42. The fourth-order valence-electron chi connectivity index (χ4n) is 1.34. The lowest BCUT2D eigenvalue weighted by molar-refractivity contribution is 0.502. The van der Waals surface area contributed by atoms with Gasteiger partial charge in [0, 0.05) is 16.8 Å². The molecule has 1 aromatic heterocycles. The monoisotopic (exact) mass is 334 g/mol. The maximum atomic E-state index is 6.10. The lowest BCUT2D eigenvalue weighted by Gasteiger charge is -1.99. The van der Waals surface area contributed by atoms with Crippen LogP contribution in [-0.2, 0) is 6.42 Å². The third kappa shape index (κ3) is 3.21. The van der Waals surface area contributed by atoms with Gasteiger partial charge >= 0.3 is 0 Å². The minimum absolute atomic E-state index is 0.437. The normalized spacial score (nSPS) is 10.8. The average Bonchev–Trinajstić information content (AvgIpc) is 2.75. The molecule has 90 valence electrons. The topological polar surface area (TPSA) is 38.9 Å². The van der Waals surface area contributed by atoms with E-state index in [9.17, 15) is 0 Å². The van der Waals surface area contributed by atoms with E-state index in [1.54, 1.807) is 6.07 Å². The summed E-state index contributed by atoms with van der Waals surface area (Å²) in [5, 5.41) is 8.49. The number of benzene rings is 1. The Kier molecular flexibility index (Phi) is 4.42. The first-order valence-corrected chi connectivity index (χ1v) is 6.75. The highest BCUT2D eigenvalue weighted by atomic mass is 79.9. The molecule has 1 aromatic carbocycles. The fraction of sp³-hybridized carbons (Fsp3) is 0.273. The molecule has 0 radical (unpaired) electrons. The van der Waals surface area contributed by atoms with E-state index in [1.807, 2.05) is 12.1 Å². The number of aryl methyl sites for hydroxylation is 1. The molecule has 17 heavy (non-hydrogen) atoms. The molecule has 0 amide bonds. The molecule has 0 aliphatic heterocycles. The number of hydrogen-bond donors (Lipinski definition) is 0. The summed E-state index contributed by atoms with van der Waals surface area (Å²) >= 11 is 15.0. The number of halogens is 3. The van der Waals surface area contributed by atoms with Crippen LogP contribution in [0.2, 0.25) is 5.02 Å². The van der Waals surface area contributed by atoms with Crippen LogP contribution in [0.15, 0.2) is 27.1 Å². The molecule has 0 saturated carbocycles. The fourth-order valence-corrected chi connectivity index (χ4v) is 2.23. The van der Waals surface area contributed by atoms with Gasteiger partial charge in [0.2, 0.25) is 11.8 Å². The molecule has 0 aliphatic carbocycles. The lowest BCUT2D eigenvalue weighted by Crippen LogP contribution is -1.85. The van der Waals surface area contributed by atoms with Crippen LogP contribution in [-0.4, -0.2) is 16.1 Å². The van der Waals surface area contributed by atoms with Gasteiger partial charge in [0.1, 0.15) is 0 Å². The molecular weight excluding hydrogens is 327 g/mol. The SMILES string of the molecule is ClCCCc1nnc(-c2ccc(Br)cc2Cl)o1. The van der Waals surface area contributed by atoms with Crippen LogP contribution in [0.25, 0.3) is 11.5 Å². The second-order valence-corrected chi connectivity index (χ2v) is 5.12. The Balaban J connectivity index is 2.24. The lowest BCUT2D eigenvalue weighted by atomic mass is 10.2. The third-order valence-electron chi connectivity index (χ3n) is 2.15. The summed E-state index contributed by atoms with van der Waals surface area (Å²) in [5.74, 6) is 1.60. The van der Waals surface area contributed by atoms with Gasteiger partial charge in [-0.2, -0.15) is 0 Å². The van der Waals surface area contributed by atoms with Crippen LogP contribution in [0.1, 0.15) is 12.3 Å². The maximum absolute atomic E-state index is 6.10. The maximum Gasteiger partial charge on any atom is 0.249 e. The van der Waals surface area contributed by atoms with Crippen molar-refractivity contribution in [1.82, 2.24) is 10.2 Å². The molecule has 0 fully saturated rings.